The van der Waals surface area contributed by atoms with Crippen LogP contribution in [-0.2, 0) is 19.5 Å². The Morgan fingerprint density at radius 1 is 0.857 bits per heavy atom. The van der Waals surface area contributed by atoms with E-state index in [1.165, 1.54) is 32.5 Å². The number of nitrogens with zero attached hydrogens (tertiary/aromatic N) is 1. The van der Waals surface area contributed by atoms with Crippen LogP contribution in [0.3, 0.4) is 0 Å². The van der Waals surface area contributed by atoms with Crippen molar-refractivity contribution < 1.29 is 19.5 Å². The van der Waals surface area contributed by atoms with E-state index in [0.717, 1.165) is 12.8 Å². The second kappa shape index (κ2) is 19.2. The van der Waals surface area contributed by atoms with E-state index >= 15 is 0 Å². The summed E-state index contributed by atoms with van der Waals surface area (Å²) in [5, 5.41) is 0. The normalized spacial score (nSPS) is 9.00. The molecule has 0 saturated heterocycles. The molecule has 14 heavy (non-hydrogen) atoms. The summed E-state index contributed by atoms with van der Waals surface area (Å²) < 4.78 is 0. The van der Waals surface area contributed by atoms with Crippen molar-refractivity contribution in [1.82, 2.24) is 4.90 Å². The molecule has 0 aromatic heterocycles. The average Bonchev–Trinajstić information content (AvgIpc) is 2.07. The minimum atomic E-state index is 0. The maximum absolute atomic E-state index is 3.85. The third kappa shape index (κ3) is 18.4. The van der Waals surface area contributed by atoms with Crippen molar-refractivity contribution in [3.63, 3.8) is 0 Å². The Hall–Kier alpha value is 0.583. The van der Waals surface area contributed by atoms with E-state index in [-0.39, 0.29) is 19.5 Å². The molecule has 0 saturated carbocycles. The summed E-state index contributed by atoms with van der Waals surface area (Å²) in [6.07, 6.45) is 4.57. The van der Waals surface area contributed by atoms with E-state index in [1.54, 1.807) is 0 Å². The summed E-state index contributed by atoms with van der Waals surface area (Å²) >= 11 is 0. The Kier molecular flexibility index (Phi) is 27.5. The average molecular weight is 251 g/mol. The first-order chi connectivity index (χ1) is 6.26. The molecule has 82 valence electrons. The minimum absolute atomic E-state index is 0. The molecular weight excluding hydrogens is 224 g/mol. The fourth-order valence-electron chi connectivity index (χ4n) is 1.19. The second-order valence-electron chi connectivity index (χ2n) is 3.20. The van der Waals surface area contributed by atoms with Crippen molar-refractivity contribution in [2.75, 3.05) is 19.6 Å². The van der Waals surface area contributed by atoms with E-state index in [9.17, 15) is 0 Å². The second-order valence-corrected chi connectivity index (χ2v) is 3.20. The molecule has 0 aliphatic carbocycles. The molecule has 1 nitrogen and oxygen atoms in total. The van der Waals surface area contributed by atoms with E-state index in [4.69, 9.17) is 0 Å². The molecule has 0 spiro atoms. The first kappa shape index (κ1) is 20.1. The smallest absolute Gasteiger partial charge is 0.344 e. The summed E-state index contributed by atoms with van der Waals surface area (Å²) in [7, 11) is 0. The third-order valence-electron chi connectivity index (χ3n) is 1.55. The third-order valence-corrected chi connectivity index (χ3v) is 1.55. The molecule has 0 radical (unpaired) electrons. The van der Waals surface area contributed by atoms with E-state index in [0.29, 0.717) is 0 Å². The Morgan fingerprint density at radius 3 is 1.43 bits per heavy atom. The molecule has 0 fully saturated rings. The SMILES string of the molecule is [CH2-]CC.[CH2-]CCN(CCC)CCC.[Zn+2]. The Labute approximate surface area is 104 Å². The van der Waals surface area contributed by atoms with Gasteiger partial charge in [-0.05, 0) is 32.5 Å². The number of hydrogen-bond donors (Lipinski definition) is 0. The molecule has 0 aromatic carbocycles. The van der Waals surface area contributed by atoms with Gasteiger partial charge in [-0.1, -0.05) is 20.8 Å². The van der Waals surface area contributed by atoms with Crippen LogP contribution in [0.25, 0.3) is 0 Å². The van der Waals surface area contributed by atoms with Crippen LogP contribution in [0.4, 0.5) is 0 Å². The van der Waals surface area contributed by atoms with Crippen LogP contribution >= 0.6 is 0 Å². The molecule has 0 atom stereocenters. The summed E-state index contributed by atoms with van der Waals surface area (Å²) in [5.41, 5.74) is 0. The molecule has 0 N–H and O–H groups in total. The zero-order valence-corrected chi connectivity index (χ0v) is 13.5. The van der Waals surface area contributed by atoms with Gasteiger partial charge >= 0.3 is 19.5 Å². The quantitative estimate of drug-likeness (QED) is 0.515. The summed E-state index contributed by atoms with van der Waals surface area (Å²) in [6.45, 7) is 17.5. The predicted octanol–water partition coefficient (Wildman–Crippen LogP) is 3.56. The van der Waals surface area contributed by atoms with Crippen LogP contribution < -0.4 is 0 Å². The standard InChI is InChI=1S/C9H20N.C3H7.Zn/c1-4-7-10(8-5-2)9-6-3;1-3-2;/h1,4-9H2,2-3H3;1,3H2,2H3;/q2*-1;+2. The van der Waals surface area contributed by atoms with Gasteiger partial charge < -0.3 is 18.7 Å². The largest absolute Gasteiger partial charge is 2.00 e. The molecule has 0 aliphatic heterocycles. The van der Waals surface area contributed by atoms with Crippen LogP contribution in [0.15, 0.2) is 0 Å². The summed E-state index contributed by atoms with van der Waals surface area (Å²) in [5.74, 6) is 0. The maximum Gasteiger partial charge on any atom is 2.00 e. The van der Waals surface area contributed by atoms with Crippen molar-refractivity contribution in [1.29, 1.82) is 0 Å². The zero-order chi connectivity index (χ0) is 10.5. The van der Waals surface area contributed by atoms with Crippen molar-refractivity contribution in [3.8, 4) is 0 Å². The van der Waals surface area contributed by atoms with Crippen LogP contribution in [0, 0.1) is 13.8 Å². The maximum atomic E-state index is 3.85. The molecule has 0 bridgehead atoms. The van der Waals surface area contributed by atoms with Gasteiger partial charge in [-0.2, -0.15) is 12.8 Å². The van der Waals surface area contributed by atoms with E-state index in [1.807, 2.05) is 6.92 Å². The summed E-state index contributed by atoms with van der Waals surface area (Å²) in [6, 6.07) is 0. The van der Waals surface area contributed by atoms with Gasteiger partial charge in [-0.3, -0.25) is 0 Å². The van der Waals surface area contributed by atoms with Gasteiger partial charge in [0.1, 0.15) is 0 Å². The van der Waals surface area contributed by atoms with Crippen molar-refractivity contribution >= 4 is 0 Å². The fraction of sp³-hybridized carbons (Fsp3) is 0.833. The van der Waals surface area contributed by atoms with Gasteiger partial charge in [0.05, 0.1) is 0 Å². The fourth-order valence-corrected chi connectivity index (χ4v) is 1.19. The van der Waals surface area contributed by atoms with Crippen molar-refractivity contribution in [2.45, 2.75) is 46.5 Å². The number of rotatable bonds is 6. The molecule has 0 rings (SSSR count). The first-order valence-corrected chi connectivity index (χ1v) is 5.57. The van der Waals surface area contributed by atoms with Gasteiger partial charge in [0, 0.05) is 0 Å². The van der Waals surface area contributed by atoms with Crippen LogP contribution in [0.5, 0.6) is 0 Å². The number of hydrogen-bond acceptors (Lipinski definition) is 1. The van der Waals surface area contributed by atoms with E-state index < -0.39 is 0 Å². The van der Waals surface area contributed by atoms with Crippen molar-refractivity contribution in [2.24, 2.45) is 0 Å². The van der Waals surface area contributed by atoms with Crippen LogP contribution in [0.1, 0.15) is 46.5 Å². The monoisotopic (exact) mass is 249 g/mol. The first-order valence-electron chi connectivity index (χ1n) is 5.57. The van der Waals surface area contributed by atoms with Crippen LogP contribution in [-0.4, -0.2) is 24.5 Å². The van der Waals surface area contributed by atoms with Gasteiger partial charge in [0.15, 0.2) is 0 Å². The van der Waals surface area contributed by atoms with Gasteiger partial charge in [-0.15, -0.1) is 0 Å². The minimum Gasteiger partial charge on any atom is -0.344 e. The Morgan fingerprint density at radius 2 is 1.21 bits per heavy atom. The molecule has 0 aromatic rings. The molecular formula is C12H27NZn. The van der Waals surface area contributed by atoms with Crippen LogP contribution in [0.2, 0.25) is 0 Å². The Balaban J connectivity index is -0.000000267. The predicted molar refractivity (Wildman–Crippen MR) is 62.6 cm³/mol. The molecule has 0 amide bonds. The zero-order valence-electron chi connectivity index (χ0n) is 10.5. The Bertz CT molecular complexity index is 62.5. The summed E-state index contributed by atoms with van der Waals surface area (Å²) in [4.78, 5) is 2.48. The van der Waals surface area contributed by atoms with Gasteiger partial charge in [-0.25, -0.2) is 0 Å². The van der Waals surface area contributed by atoms with Crippen molar-refractivity contribution in [3.05, 3.63) is 13.8 Å². The molecule has 0 unspecified atom stereocenters. The van der Waals surface area contributed by atoms with Gasteiger partial charge in [0.2, 0.25) is 0 Å². The molecule has 0 heterocycles. The topological polar surface area (TPSA) is 3.24 Å². The van der Waals surface area contributed by atoms with E-state index in [2.05, 4.69) is 32.6 Å². The molecule has 2 heteroatoms. The van der Waals surface area contributed by atoms with Gasteiger partial charge in [0.25, 0.3) is 0 Å². The molecule has 0 aliphatic rings.